The average Bonchev–Trinajstić information content (AvgIpc) is 3.36. The number of ether oxygens (including phenoxy) is 1. The first-order valence-electron chi connectivity index (χ1n) is 9.60. The van der Waals surface area contributed by atoms with Crippen LogP contribution >= 0.6 is 0 Å². The van der Waals surface area contributed by atoms with Crippen LogP contribution in [0.5, 0.6) is 0 Å². The van der Waals surface area contributed by atoms with Gasteiger partial charge in [-0.2, -0.15) is 5.10 Å². The van der Waals surface area contributed by atoms with Gasteiger partial charge in [0.05, 0.1) is 6.61 Å². The maximum absolute atomic E-state index is 13.5. The van der Waals surface area contributed by atoms with Crippen molar-refractivity contribution in [2.75, 3.05) is 11.9 Å². The number of nitrogens with one attached hydrogen (secondary N) is 2. The maximum Gasteiger partial charge on any atom is 0.180 e. The van der Waals surface area contributed by atoms with Gasteiger partial charge in [0.1, 0.15) is 17.4 Å². The third kappa shape index (κ3) is 4.14. The van der Waals surface area contributed by atoms with Gasteiger partial charge in [0.25, 0.3) is 0 Å². The smallest absolute Gasteiger partial charge is 0.180 e. The van der Waals surface area contributed by atoms with Crippen LogP contribution in [0.25, 0.3) is 5.52 Å². The number of rotatable bonds is 6. The number of anilines is 2. The molecule has 0 aliphatic carbocycles. The van der Waals surface area contributed by atoms with Crippen molar-refractivity contribution in [1.29, 1.82) is 0 Å². The molecule has 4 aromatic rings. The Morgan fingerprint density at radius 1 is 1.30 bits per heavy atom. The van der Waals surface area contributed by atoms with Crippen LogP contribution in [0.15, 0.2) is 53.7 Å². The van der Waals surface area contributed by atoms with Crippen molar-refractivity contribution in [2.24, 2.45) is 4.99 Å². The van der Waals surface area contributed by atoms with Crippen LogP contribution < -0.4 is 5.32 Å². The van der Waals surface area contributed by atoms with E-state index in [0.717, 1.165) is 16.8 Å². The lowest BCUT2D eigenvalue weighted by Crippen LogP contribution is -2.12. The number of H-pyrrole nitrogens is 1. The Hall–Kier alpha value is -3.75. The highest BCUT2D eigenvalue weighted by atomic mass is 19.1. The summed E-state index contributed by atoms with van der Waals surface area (Å²) in [5.41, 5.74) is 2.48. The highest BCUT2D eigenvalue weighted by Gasteiger charge is 2.20. The molecule has 0 radical (unpaired) electrons. The normalized spacial score (nSPS) is 12.9. The minimum atomic E-state index is -0.564. The second kappa shape index (κ2) is 8.32. The summed E-state index contributed by atoms with van der Waals surface area (Å²) in [6.07, 6.45) is 1.84. The summed E-state index contributed by atoms with van der Waals surface area (Å²) in [6.45, 7) is 6.09. The third-order valence-electron chi connectivity index (χ3n) is 4.45. The lowest BCUT2D eigenvalue weighted by atomic mass is 10.1. The van der Waals surface area contributed by atoms with Crippen LogP contribution in [0, 0.1) is 12.7 Å². The first kappa shape index (κ1) is 19.6. The molecule has 0 fully saturated rings. The van der Waals surface area contributed by atoms with E-state index in [4.69, 9.17) is 9.72 Å². The van der Waals surface area contributed by atoms with Crippen molar-refractivity contribution in [2.45, 2.75) is 26.8 Å². The standard InChI is InChI=1S/C21H22FN7O/c1-4-30-14(3)23-19(15-7-9-16(22)10-8-15)21-25-20(17-6-5-11-29(17)28-21)24-18-12-13(2)26-27-18/h5-12,19H,4H2,1-3H3,(H2,24,25,26,27,28). The molecule has 0 aliphatic rings. The van der Waals surface area contributed by atoms with E-state index in [1.807, 2.05) is 38.2 Å². The molecule has 3 heterocycles. The largest absolute Gasteiger partial charge is 0.481 e. The van der Waals surface area contributed by atoms with Crippen molar-refractivity contribution < 1.29 is 9.13 Å². The molecule has 0 spiro atoms. The quantitative estimate of drug-likeness (QED) is 0.369. The SMILES string of the molecule is CCOC(C)=NC(c1ccc(F)cc1)c1nc(Nc2cc(C)[nH]n2)c2cccn2n1. The molecule has 2 N–H and O–H groups in total. The van der Waals surface area contributed by atoms with Crippen LogP contribution in [-0.2, 0) is 4.74 Å². The van der Waals surface area contributed by atoms with E-state index < -0.39 is 6.04 Å². The van der Waals surface area contributed by atoms with Gasteiger partial charge in [-0.25, -0.2) is 18.9 Å². The molecule has 154 valence electrons. The van der Waals surface area contributed by atoms with E-state index in [2.05, 4.69) is 25.6 Å². The van der Waals surface area contributed by atoms with E-state index in [9.17, 15) is 4.39 Å². The molecule has 1 aromatic carbocycles. The number of halogens is 1. The summed E-state index contributed by atoms with van der Waals surface area (Å²) >= 11 is 0. The van der Waals surface area contributed by atoms with Gasteiger partial charge < -0.3 is 10.1 Å². The van der Waals surface area contributed by atoms with Crippen LogP contribution in [-0.4, -0.2) is 37.3 Å². The molecule has 30 heavy (non-hydrogen) atoms. The van der Waals surface area contributed by atoms with Gasteiger partial charge in [0, 0.05) is 24.9 Å². The van der Waals surface area contributed by atoms with E-state index in [-0.39, 0.29) is 5.82 Å². The van der Waals surface area contributed by atoms with Crippen LogP contribution in [0.2, 0.25) is 0 Å². The molecule has 3 aromatic heterocycles. The predicted molar refractivity (Wildman–Crippen MR) is 113 cm³/mol. The van der Waals surface area contributed by atoms with E-state index >= 15 is 0 Å². The summed E-state index contributed by atoms with van der Waals surface area (Å²) in [4.78, 5) is 9.40. The molecule has 8 nitrogen and oxygen atoms in total. The lowest BCUT2D eigenvalue weighted by molar-refractivity contribution is 0.321. The van der Waals surface area contributed by atoms with Crippen molar-refractivity contribution in [3.8, 4) is 0 Å². The minimum absolute atomic E-state index is 0.318. The van der Waals surface area contributed by atoms with Gasteiger partial charge in [0.15, 0.2) is 23.4 Å². The Morgan fingerprint density at radius 2 is 2.10 bits per heavy atom. The van der Waals surface area contributed by atoms with Crippen LogP contribution in [0.1, 0.15) is 37.0 Å². The van der Waals surface area contributed by atoms with Crippen molar-refractivity contribution in [3.05, 3.63) is 71.6 Å². The molecule has 4 rings (SSSR count). The minimum Gasteiger partial charge on any atom is -0.481 e. The monoisotopic (exact) mass is 407 g/mol. The van der Waals surface area contributed by atoms with E-state index in [1.165, 1.54) is 12.1 Å². The molecular weight excluding hydrogens is 385 g/mol. The molecular formula is C21H22FN7O. The topological polar surface area (TPSA) is 92.5 Å². The Kier molecular flexibility index (Phi) is 5.42. The molecule has 1 unspecified atom stereocenters. The van der Waals surface area contributed by atoms with E-state index in [0.29, 0.717) is 30.0 Å². The molecule has 0 saturated carbocycles. The van der Waals surface area contributed by atoms with Gasteiger partial charge in [-0.05, 0) is 43.7 Å². The number of hydrogen-bond acceptors (Lipinski definition) is 6. The zero-order chi connectivity index (χ0) is 21.1. The van der Waals surface area contributed by atoms with Crippen molar-refractivity contribution in [3.63, 3.8) is 0 Å². The first-order chi connectivity index (χ1) is 14.5. The third-order valence-corrected chi connectivity index (χ3v) is 4.45. The van der Waals surface area contributed by atoms with Crippen molar-refractivity contribution in [1.82, 2.24) is 24.8 Å². The number of aliphatic imine (C=N–C) groups is 1. The summed E-state index contributed by atoms with van der Waals surface area (Å²) in [5.74, 6) is 1.86. The number of aromatic amines is 1. The summed E-state index contributed by atoms with van der Waals surface area (Å²) in [6, 6.07) is 11.3. The number of hydrogen-bond donors (Lipinski definition) is 2. The Morgan fingerprint density at radius 3 is 2.80 bits per heavy atom. The summed E-state index contributed by atoms with van der Waals surface area (Å²) < 4.78 is 20.7. The number of aryl methyl sites for hydroxylation is 1. The number of aromatic nitrogens is 5. The highest BCUT2D eigenvalue weighted by Crippen LogP contribution is 2.27. The fourth-order valence-corrected chi connectivity index (χ4v) is 3.12. The summed E-state index contributed by atoms with van der Waals surface area (Å²) in [7, 11) is 0. The maximum atomic E-state index is 13.5. The van der Waals surface area contributed by atoms with Gasteiger partial charge in [-0.15, -0.1) is 5.10 Å². The molecule has 0 aliphatic heterocycles. The summed E-state index contributed by atoms with van der Waals surface area (Å²) in [5, 5.41) is 15.0. The van der Waals surface area contributed by atoms with Crippen LogP contribution in [0.3, 0.4) is 0 Å². The first-order valence-corrected chi connectivity index (χ1v) is 9.60. The fourth-order valence-electron chi connectivity index (χ4n) is 3.12. The number of nitrogens with zero attached hydrogens (tertiary/aromatic N) is 5. The van der Waals surface area contributed by atoms with Crippen molar-refractivity contribution >= 4 is 23.1 Å². The van der Waals surface area contributed by atoms with Gasteiger partial charge in [-0.1, -0.05) is 12.1 Å². The molecule has 1 atom stereocenters. The van der Waals surface area contributed by atoms with Crippen LogP contribution in [0.4, 0.5) is 16.0 Å². The average molecular weight is 407 g/mol. The molecule has 0 amide bonds. The Bertz CT molecular complexity index is 1180. The predicted octanol–water partition coefficient (Wildman–Crippen LogP) is 4.19. The highest BCUT2D eigenvalue weighted by molar-refractivity contribution is 5.74. The second-order valence-electron chi connectivity index (χ2n) is 6.75. The number of fused-ring (bicyclic) bond motifs is 1. The fraction of sp³-hybridized carbons (Fsp3) is 0.238. The van der Waals surface area contributed by atoms with Gasteiger partial charge in [-0.3, -0.25) is 5.10 Å². The Balaban J connectivity index is 1.82. The molecule has 0 saturated heterocycles. The van der Waals surface area contributed by atoms with Gasteiger partial charge in [0.2, 0.25) is 0 Å². The van der Waals surface area contributed by atoms with E-state index in [1.54, 1.807) is 23.6 Å². The van der Waals surface area contributed by atoms with Gasteiger partial charge >= 0.3 is 0 Å². The molecule has 0 bridgehead atoms. The number of benzene rings is 1. The lowest BCUT2D eigenvalue weighted by Gasteiger charge is -2.15. The zero-order valence-electron chi connectivity index (χ0n) is 16.9. The Labute approximate surface area is 172 Å². The second-order valence-corrected chi connectivity index (χ2v) is 6.75. The zero-order valence-corrected chi connectivity index (χ0v) is 16.9. The molecule has 9 heteroatoms.